The van der Waals surface area contributed by atoms with Gasteiger partial charge in [0.1, 0.15) is 23.6 Å². The lowest BCUT2D eigenvalue weighted by molar-refractivity contribution is -0.157. The molecule has 0 saturated heterocycles. The van der Waals surface area contributed by atoms with Crippen LogP contribution in [0.4, 0.5) is 5.69 Å². The maximum atomic E-state index is 6.23. The lowest BCUT2D eigenvalue weighted by atomic mass is 9.87. The van der Waals surface area contributed by atoms with Gasteiger partial charge >= 0.3 is 0 Å². The second kappa shape index (κ2) is 7.84. The molecule has 1 aromatic rings. The Morgan fingerprint density at radius 3 is 2.78 bits per heavy atom. The summed E-state index contributed by atoms with van der Waals surface area (Å²) in [4.78, 5) is 0. The van der Waals surface area contributed by atoms with E-state index < -0.39 is 5.60 Å². The zero-order chi connectivity index (χ0) is 16.9. The molecule has 0 aromatic heterocycles. The maximum absolute atomic E-state index is 6.23. The molecule has 23 heavy (non-hydrogen) atoms. The van der Waals surface area contributed by atoms with Crippen LogP contribution in [0.1, 0.15) is 45.3 Å². The first-order valence-electron chi connectivity index (χ1n) is 8.38. The first-order valence-corrected chi connectivity index (χ1v) is 8.38. The van der Waals surface area contributed by atoms with Crippen LogP contribution in [0.15, 0.2) is 30.9 Å². The van der Waals surface area contributed by atoms with Gasteiger partial charge in [-0.3, -0.25) is 0 Å². The lowest BCUT2D eigenvalue weighted by Gasteiger charge is -2.44. The quantitative estimate of drug-likeness (QED) is 0.572. The van der Waals surface area contributed by atoms with Crippen LogP contribution in [0.5, 0.6) is 5.75 Å². The minimum absolute atomic E-state index is 0.145. The van der Waals surface area contributed by atoms with Crippen molar-refractivity contribution in [3.05, 3.63) is 36.4 Å². The SMILES string of the molecule is C=CCOC1C(OCCCC)c2cc(NC)ccc2OC1(C)C. The van der Waals surface area contributed by atoms with Crippen LogP contribution in [0, 0.1) is 0 Å². The monoisotopic (exact) mass is 319 g/mol. The zero-order valence-corrected chi connectivity index (χ0v) is 14.7. The number of nitrogens with one attached hydrogen (secondary N) is 1. The normalized spacial score (nSPS) is 22.1. The average Bonchev–Trinajstić information content (AvgIpc) is 2.53. The van der Waals surface area contributed by atoms with Crippen molar-refractivity contribution < 1.29 is 14.2 Å². The molecule has 1 heterocycles. The summed E-state index contributed by atoms with van der Waals surface area (Å²) >= 11 is 0. The predicted molar refractivity (Wildman–Crippen MR) is 94.2 cm³/mol. The molecule has 4 heteroatoms. The molecule has 2 atom stereocenters. The van der Waals surface area contributed by atoms with Crippen molar-refractivity contribution in [1.29, 1.82) is 0 Å². The second-order valence-electron chi connectivity index (χ2n) is 6.40. The topological polar surface area (TPSA) is 39.7 Å². The van der Waals surface area contributed by atoms with Gasteiger partial charge in [-0.15, -0.1) is 6.58 Å². The van der Waals surface area contributed by atoms with Gasteiger partial charge in [0.05, 0.1) is 6.61 Å². The minimum Gasteiger partial charge on any atom is -0.485 e. The van der Waals surface area contributed by atoms with Gasteiger partial charge in [-0.2, -0.15) is 0 Å². The van der Waals surface area contributed by atoms with Gasteiger partial charge in [0, 0.05) is 24.9 Å². The Kier molecular flexibility index (Phi) is 6.08. The first-order chi connectivity index (χ1) is 11.0. The molecule has 0 spiro atoms. The van der Waals surface area contributed by atoms with Crippen LogP contribution >= 0.6 is 0 Å². The molecule has 0 fully saturated rings. The van der Waals surface area contributed by atoms with Crippen LogP contribution in [0.3, 0.4) is 0 Å². The van der Waals surface area contributed by atoms with E-state index in [0.717, 1.165) is 29.8 Å². The van der Waals surface area contributed by atoms with E-state index >= 15 is 0 Å². The van der Waals surface area contributed by atoms with Crippen molar-refractivity contribution in [2.75, 3.05) is 25.6 Å². The fraction of sp³-hybridized carbons (Fsp3) is 0.579. The summed E-state index contributed by atoms with van der Waals surface area (Å²) in [6, 6.07) is 6.11. The molecule has 1 aliphatic rings. The highest BCUT2D eigenvalue weighted by Crippen LogP contribution is 2.44. The van der Waals surface area contributed by atoms with Crippen LogP contribution in [-0.2, 0) is 9.47 Å². The standard InChI is InChI=1S/C19H29NO3/c1-6-8-12-21-17-15-13-14(20-5)9-10-16(15)23-19(3,4)18(17)22-11-7-2/h7,9-10,13,17-18,20H,2,6,8,11-12H2,1,3-5H3. The van der Waals surface area contributed by atoms with E-state index in [9.17, 15) is 0 Å². The molecule has 0 saturated carbocycles. The molecule has 1 aromatic carbocycles. The Morgan fingerprint density at radius 2 is 2.13 bits per heavy atom. The Hall–Kier alpha value is -1.52. The van der Waals surface area contributed by atoms with Crippen molar-refractivity contribution in [3.63, 3.8) is 0 Å². The van der Waals surface area contributed by atoms with Gasteiger partial charge in [0.2, 0.25) is 0 Å². The number of anilines is 1. The lowest BCUT2D eigenvalue weighted by Crippen LogP contribution is -2.51. The number of hydrogen-bond donors (Lipinski definition) is 1. The molecular formula is C19H29NO3. The van der Waals surface area contributed by atoms with E-state index in [1.807, 2.05) is 33.0 Å². The highest BCUT2D eigenvalue weighted by atomic mass is 16.6. The first kappa shape index (κ1) is 17.8. The molecule has 4 nitrogen and oxygen atoms in total. The van der Waals surface area contributed by atoms with Gasteiger partial charge in [0.25, 0.3) is 0 Å². The summed E-state index contributed by atoms with van der Waals surface area (Å²) in [6.45, 7) is 11.2. The third-order valence-corrected chi connectivity index (χ3v) is 4.13. The van der Waals surface area contributed by atoms with E-state index in [1.54, 1.807) is 6.08 Å². The molecule has 1 aliphatic heterocycles. The Morgan fingerprint density at radius 1 is 1.35 bits per heavy atom. The summed E-state index contributed by atoms with van der Waals surface area (Å²) in [5.74, 6) is 0.869. The molecule has 2 rings (SSSR count). The van der Waals surface area contributed by atoms with Crippen molar-refractivity contribution in [3.8, 4) is 5.75 Å². The van der Waals surface area contributed by atoms with Crippen LogP contribution in [-0.4, -0.2) is 32.0 Å². The van der Waals surface area contributed by atoms with Crippen molar-refractivity contribution in [2.45, 2.75) is 51.4 Å². The van der Waals surface area contributed by atoms with E-state index in [2.05, 4.69) is 24.9 Å². The van der Waals surface area contributed by atoms with E-state index in [-0.39, 0.29) is 12.2 Å². The van der Waals surface area contributed by atoms with Gasteiger partial charge in [0.15, 0.2) is 0 Å². The van der Waals surface area contributed by atoms with E-state index in [4.69, 9.17) is 14.2 Å². The molecular weight excluding hydrogens is 290 g/mol. The number of hydrogen-bond acceptors (Lipinski definition) is 4. The van der Waals surface area contributed by atoms with Gasteiger partial charge in [-0.05, 0) is 38.5 Å². The smallest absolute Gasteiger partial charge is 0.132 e. The molecule has 128 valence electrons. The number of fused-ring (bicyclic) bond motifs is 1. The third kappa shape index (κ3) is 4.06. The van der Waals surface area contributed by atoms with Gasteiger partial charge in [-0.25, -0.2) is 0 Å². The maximum Gasteiger partial charge on any atom is 0.132 e. The molecule has 2 unspecified atom stereocenters. The van der Waals surface area contributed by atoms with Crippen molar-refractivity contribution >= 4 is 5.69 Å². The van der Waals surface area contributed by atoms with Crippen LogP contribution in [0.2, 0.25) is 0 Å². The van der Waals surface area contributed by atoms with Gasteiger partial charge in [-0.1, -0.05) is 19.4 Å². The second-order valence-corrected chi connectivity index (χ2v) is 6.40. The molecule has 0 aliphatic carbocycles. The van der Waals surface area contributed by atoms with E-state index in [1.165, 1.54) is 0 Å². The average molecular weight is 319 g/mol. The summed E-state index contributed by atoms with van der Waals surface area (Å²) in [5, 5.41) is 3.18. The summed E-state index contributed by atoms with van der Waals surface area (Å²) < 4.78 is 18.5. The van der Waals surface area contributed by atoms with E-state index in [0.29, 0.717) is 13.2 Å². The number of ether oxygens (including phenoxy) is 3. The fourth-order valence-electron chi connectivity index (χ4n) is 2.88. The Balaban J connectivity index is 2.36. The summed E-state index contributed by atoms with van der Waals surface area (Å²) in [6.07, 6.45) is 3.57. The zero-order valence-electron chi connectivity index (χ0n) is 14.7. The number of unbranched alkanes of at least 4 members (excludes halogenated alkanes) is 1. The molecule has 0 amide bonds. The van der Waals surface area contributed by atoms with Gasteiger partial charge < -0.3 is 19.5 Å². The Labute approximate surface area is 139 Å². The highest BCUT2D eigenvalue weighted by Gasteiger charge is 2.45. The number of rotatable bonds is 8. The number of benzene rings is 1. The van der Waals surface area contributed by atoms with Crippen molar-refractivity contribution in [1.82, 2.24) is 0 Å². The largest absolute Gasteiger partial charge is 0.485 e. The molecule has 0 radical (unpaired) electrons. The Bertz CT molecular complexity index is 527. The predicted octanol–water partition coefficient (Wildman–Crippen LogP) is 4.33. The fourth-order valence-corrected chi connectivity index (χ4v) is 2.88. The van der Waals surface area contributed by atoms with Crippen LogP contribution in [0.25, 0.3) is 0 Å². The van der Waals surface area contributed by atoms with Crippen molar-refractivity contribution in [2.24, 2.45) is 0 Å². The van der Waals surface area contributed by atoms with Crippen LogP contribution < -0.4 is 10.1 Å². The third-order valence-electron chi connectivity index (χ3n) is 4.13. The summed E-state index contributed by atoms with van der Waals surface area (Å²) in [7, 11) is 1.91. The minimum atomic E-state index is -0.464. The highest BCUT2D eigenvalue weighted by molar-refractivity contribution is 5.53. The molecule has 1 N–H and O–H groups in total. The summed E-state index contributed by atoms with van der Waals surface area (Å²) in [5.41, 5.74) is 1.62. The molecule has 0 bridgehead atoms.